The molecule has 0 radical (unpaired) electrons. The maximum Gasteiger partial charge on any atom is 0.121 e. The molecule has 1 N–H and O–H groups in total. The van der Waals surface area contributed by atoms with Crippen LogP contribution in [-0.4, -0.2) is 27.2 Å². The van der Waals surface area contributed by atoms with Gasteiger partial charge in [-0.15, -0.1) is 11.3 Å². The van der Waals surface area contributed by atoms with E-state index in [0.29, 0.717) is 6.61 Å². The van der Waals surface area contributed by atoms with Gasteiger partial charge in [0.2, 0.25) is 0 Å². The van der Waals surface area contributed by atoms with E-state index in [2.05, 4.69) is 35.6 Å². The van der Waals surface area contributed by atoms with Crippen molar-refractivity contribution in [3.8, 4) is 5.75 Å². The van der Waals surface area contributed by atoms with Gasteiger partial charge in [0.1, 0.15) is 12.4 Å². The van der Waals surface area contributed by atoms with Crippen LogP contribution >= 0.6 is 11.3 Å². The second-order valence-corrected chi connectivity index (χ2v) is 5.53. The molecule has 0 saturated carbocycles. The van der Waals surface area contributed by atoms with E-state index in [0.717, 1.165) is 18.0 Å². The number of nitrogens with zero attached hydrogens (tertiary/aromatic N) is 1. The second-order valence-electron chi connectivity index (χ2n) is 4.41. The lowest BCUT2D eigenvalue weighted by Gasteiger charge is -2.19. The molecular weight excluding hydrogens is 256 g/mol. The Bertz CT molecular complexity index is 524. The molecule has 0 bridgehead atoms. The number of nitrogens with one attached hydrogen (secondary N) is 1. The molecule has 1 aromatic heterocycles. The molecule has 0 aliphatic heterocycles. The summed E-state index contributed by atoms with van der Waals surface area (Å²) >= 11 is 1.78. The molecule has 2 rings (SSSR count). The van der Waals surface area contributed by atoms with Gasteiger partial charge >= 0.3 is 0 Å². The second kappa shape index (κ2) is 6.48. The van der Waals surface area contributed by atoms with Gasteiger partial charge in [-0.05, 0) is 30.5 Å². The molecule has 0 aliphatic rings. The van der Waals surface area contributed by atoms with Gasteiger partial charge in [0.25, 0.3) is 0 Å². The molecule has 1 heterocycles. The van der Waals surface area contributed by atoms with Crippen LogP contribution in [0.25, 0.3) is 0 Å². The fourth-order valence-corrected chi connectivity index (χ4v) is 2.68. The Labute approximate surface area is 118 Å². The quantitative estimate of drug-likeness (QED) is 0.872. The van der Waals surface area contributed by atoms with Crippen LogP contribution in [0.2, 0.25) is 0 Å². The minimum Gasteiger partial charge on any atom is -0.492 e. The lowest BCUT2D eigenvalue weighted by Crippen LogP contribution is -2.23. The van der Waals surface area contributed by atoms with Crippen LogP contribution in [0.4, 0.5) is 11.4 Å². The largest absolute Gasteiger partial charge is 0.492 e. The van der Waals surface area contributed by atoms with Gasteiger partial charge in [0.05, 0.1) is 12.2 Å². The first-order valence-electron chi connectivity index (χ1n) is 6.36. The molecule has 19 heavy (non-hydrogen) atoms. The third-order valence-corrected chi connectivity index (χ3v) is 3.90. The van der Waals surface area contributed by atoms with Gasteiger partial charge in [0, 0.05) is 30.7 Å². The van der Waals surface area contributed by atoms with Crippen LogP contribution in [0, 0.1) is 6.92 Å². The van der Waals surface area contributed by atoms with Crippen LogP contribution in [-0.2, 0) is 0 Å². The first-order chi connectivity index (χ1) is 9.20. The highest BCUT2D eigenvalue weighted by atomic mass is 32.1. The molecule has 0 fully saturated rings. The van der Waals surface area contributed by atoms with E-state index in [1.807, 2.05) is 31.3 Å². The van der Waals surface area contributed by atoms with Crippen molar-refractivity contribution in [2.75, 3.05) is 37.5 Å². The molecule has 0 amide bonds. The minimum atomic E-state index is 0.680. The van der Waals surface area contributed by atoms with Gasteiger partial charge < -0.3 is 15.0 Å². The highest BCUT2D eigenvalue weighted by molar-refractivity contribution is 7.10. The topological polar surface area (TPSA) is 24.5 Å². The van der Waals surface area contributed by atoms with E-state index >= 15 is 0 Å². The summed E-state index contributed by atoms with van der Waals surface area (Å²) in [7, 11) is 4.01. The summed E-state index contributed by atoms with van der Waals surface area (Å²) in [6.07, 6.45) is 0. The normalized spacial score (nSPS) is 10.3. The first-order valence-corrected chi connectivity index (χ1v) is 7.24. The van der Waals surface area contributed by atoms with E-state index in [1.165, 1.54) is 10.6 Å². The Kier molecular flexibility index (Phi) is 4.68. The van der Waals surface area contributed by atoms with Gasteiger partial charge in [-0.1, -0.05) is 6.07 Å². The SMILES string of the molecule is CNc1cccc(OCCN(C)c2ccsc2C)c1. The molecule has 0 atom stereocenters. The van der Waals surface area contributed by atoms with Crippen LogP contribution in [0.15, 0.2) is 35.7 Å². The molecule has 0 spiro atoms. The molecule has 3 nitrogen and oxygen atoms in total. The molecule has 0 unspecified atom stereocenters. The van der Waals surface area contributed by atoms with Gasteiger partial charge in [0.15, 0.2) is 0 Å². The van der Waals surface area contributed by atoms with E-state index < -0.39 is 0 Å². The molecule has 4 heteroatoms. The number of likely N-dealkylation sites (N-methyl/N-ethyl adjacent to an activating group) is 1. The number of ether oxygens (including phenoxy) is 1. The number of anilines is 2. The Morgan fingerprint density at radius 3 is 2.84 bits per heavy atom. The first kappa shape index (κ1) is 13.7. The predicted molar refractivity (Wildman–Crippen MR) is 83.8 cm³/mol. The van der Waals surface area contributed by atoms with E-state index in [9.17, 15) is 0 Å². The zero-order valence-corrected chi connectivity index (χ0v) is 12.5. The Morgan fingerprint density at radius 2 is 2.16 bits per heavy atom. The predicted octanol–water partition coefficient (Wildman–Crippen LogP) is 3.61. The average molecular weight is 276 g/mol. The number of hydrogen-bond donors (Lipinski definition) is 1. The van der Waals surface area contributed by atoms with Crippen molar-refractivity contribution in [3.05, 3.63) is 40.6 Å². The molecule has 0 saturated heterocycles. The summed E-state index contributed by atoms with van der Waals surface area (Å²) in [4.78, 5) is 3.58. The summed E-state index contributed by atoms with van der Waals surface area (Å²) in [6, 6.07) is 10.2. The lowest BCUT2D eigenvalue weighted by atomic mass is 10.3. The van der Waals surface area contributed by atoms with Crippen LogP contribution in [0.1, 0.15) is 4.88 Å². The van der Waals surface area contributed by atoms with E-state index in [4.69, 9.17) is 4.74 Å². The molecule has 1 aromatic carbocycles. The van der Waals surface area contributed by atoms with Crippen molar-refractivity contribution in [3.63, 3.8) is 0 Å². The summed E-state index contributed by atoms with van der Waals surface area (Å²) in [5.41, 5.74) is 2.36. The third kappa shape index (κ3) is 3.64. The van der Waals surface area contributed by atoms with Crippen molar-refractivity contribution in [2.45, 2.75) is 6.92 Å². The van der Waals surface area contributed by atoms with E-state index in [-0.39, 0.29) is 0 Å². The standard InChI is InChI=1S/C15H20N2OS/c1-12-15(7-10-19-12)17(3)8-9-18-14-6-4-5-13(11-14)16-2/h4-7,10-11,16H,8-9H2,1-3H3. The average Bonchev–Trinajstić information content (AvgIpc) is 2.85. The fourth-order valence-electron chi connectivity index (χ4n) is 1.94. The Balaban J connectivity index is 1.84. The van der Waals surface area contributed by atoms with Gasteiger partial charge in [-0.2, -0.15) is 0 Å². The zero-order valence-electron chi connectivity index (χ0n) is 11.6. The maximum atomic E-state index is 5.78. The smallest absolute Gasteiger partial charge is 0.121 e. The summed E-state index contributed by atoms with van der Waals surface area (Å²) in [5, 5.41) is 5.23. The highest BCUT2D eigenvalue weighted by Crippen LogP contribution is 2.24. The van der Waals surface area contributed by atoms with Crippen LogP contribution < -0.4 is 15.0 Å². The van der Waals surface area contributed by atoms with Gasteiger partial charge in [-0.3, -0.25) is 0 Å². The molecule has 0 aliphatic carbocycles. The molecule has 2 aromatic rings. The van der Waals surface area contributed by atoms with Gasteiger partial charge in [-0.25, -0.2) is 0 Å². The Hall–Kier alpha value is -1.68. The summed E-state index contributed by atoms with van der Waals surface area (Å²) in [6.45, 7) is 3.70. The lowest BCUT2D eigenvalue weighted by molar-refractivity contribution is 0.326. The van der Waals surface area contributed by atoms with Crippen molar-refractivity contribution < 1.29 is 4.74 Å². The summed E-state index contributed by atoms with van der Waals surface area (Å²) < 4.78 is 5.78. The van der Waals surface area contributed by atoms with Crippen molar-refractivity contribution in [2.24, 2.45) is 0 Å². The van der Waals surface area contributed by atoms with E-state index in [1.54, 1.807) is 11.3 Å². The monoisotopic (exact) mass is 276 g/mol. The number of aryl methyl sites for hydroxylation is 1. The number of benzene rings is 1. The zero-order chi connectivity index (χ0) is 13.7. The van der Waals surface area contributed by atoms with Crippen molar-refractivity contribution in [1.82, 2.24) is 0 Å². The van der Waals surface area contributed by atoms with Crippen molar-refractivity contribution >= 4 is 22.7 Å². The summed E-state index contributed by atoms with van der Waals surface area (Å²) in [5.74, 6) is 0.905. The third-order valence-electron chi connectivity index (χ3n) is 3.06. The number of thiophene rings is 1. The van der Waals surface area contributed by atoms with Crippen molar-refractivity contribution in [1.29, 1.82) is 0 Å². The highest BCUT2D eigenvalue weighted by Gasteiger charge is 2.05. The number of hydrogen-bond acceptors (Lipinski definition) is 4. The maximum absolute atomic E-state index is 5.78. The molecular formula is C15H20N2OS. The van der Waals surface area contributed by atoms with Crippen LogP contribution in [0.3, 0.4) is 0 Å². The van der Waals surface area contributed by atoms with Crippen LogP contribution in [0.5, 0.6) is 5.75 Å². The number of rotatable bonds is 6. The Morgan fingerprint density at radius 1 is 1.32 bits per heavy atom. The molecule has 102 valence electrons. The minimum absolute atomic E-state index is 0.680. The fraction of sp³-hybridized carbons (Fsp3) is 0.333.